The van der Waals surface area contributed by atoms with Crippen LogP contribution in [0, 0.1) is 18.8 Å². The summed E-state index contributed by atoms with van der Waals surface area (Å²) in [7, 11) is 0. The number of aliphatic hydroxyl groups is 1. The van der Waals surface area contributed by atoms with Gasteiger partial charge in [-0.3, -0.25) is 4.79 Å². The molecule has 1 amide bonds. The van der Waals surface area contributed by atoms with Crippen LogP contribution in [-0.2, 0) is 4.79 Å². The van der Waals surface area contributed by atoms with Crippen LogP contribution < -0.4 is 5.32 Å². The first-order chi connectivity index (χ1) is 8.67. The van der Waals surface area contributed by atoms with Crippen molar-refractivity contribution in [3.8, 4) is 11.8 Å². The second-order valence-electron chi connectivity index (χ2n) is 3.79. The topological polar surface area (TPSA) is 49.3 Å². The van der Waals surface area contributed by atoms with Gasteiger partial charge in [-0.2, -0.15) is 11.8 Å². The van der Waals surface area contributed by atoms with Crippen molar-refractivity contribution in [3.63, 3.8) is 0 Å². The maximum absolute atomic E-state index is 11.4. The van der Waals surface area contributed by atoms with E-state index in [0.717, 1.165) is 16.8 Å². The smallest absolute Gasteiger partial charge is 0.234 e. The molecule has 0 aliphatic rings. The first kappa shape index (κ1) is 14.6. The minimum absolute atomic E-state index is 0.000940. The molecule has 0 saturated carbocycles. The second-order valence-corrected chi connectivity index (χ2v) is 4.65. The summed E-state index contributed by atoms with van der Waals surface area (Å²) < 4.78 is 0. The fourth-order valence-corrected chi connectivity index (χ4v) is 1.76. The maximum atomic E-state index is 11.4. The van der Waals surface area contributed by atoms with E-state index in [1.165, 1.54) is 11.8 Å². The molecular weight excluding hydrogens is 246 g/mol. The van der Waals surface area contributed by atoms with E-state index < -0.39 is 0 Å². The van der Waals surface area contributed by atoms with Gasteiger partial charge in [0.05, 0.1) is 12.4 Å². The van der Waals surface area contributed by atoms with Crippen LogP contribution in [0.1, 0.15) is 17.5 Å². The molecule has 0 aliphatic carbocycles. The number of hydrogen-bond acceptors (Lipinski definition) is 3. The molecule has 0 aromatic heterocycles. The van der Waals surface area contributed by atoms with Gasteiger partial charge in [0.25, 0.3) is 0 Å². The number of amides is 1. The van der Waals surface area contributed by atoms with Gasteiger partial charge in [-0.25, -0.2) is 0 Å². The lowest BCUT2D eigenvalue weighted by Gasteiger charge is -2.06. The number of benzene rings is 1. The van der Waals surface area contributed by atoms with Gasteiger partial charge in [-0.05, 0) is 36.9 Å². The Labute approximate surface area is 112 Å². The first-order valence-electron chi connectivity index (χ1n) is 5.66. The molecule has 96 valence electrons. The predicted molar refractivity (Wildman–Crippen MR) is 76.8 cm³/mol. The van der Waals surface area contributed by atoms with Gasteiger partial charge in [0.2, 0.25) is 5.91 Å². The molecule has 2 N–H and O–H groups in total. The van der Waals surface area contributed by atoms with E-state index in [2.05, 4.69) is 17.2 Å². The highest BCUT2D eigenvalue weighted by Crippen LogP contribution is 2.14. The molecule has 1 rings (SSSR count). The van der Waals surface area contributed by atoms with E-state index >= 15 is 0 Å². The molecule has 0 saturated heterocycles. The Bertz CT molecular complexity index is 474. The molecule has 0 fully saturated rings. The summed E-state index contributed by atoms with van der Waals surface area (Å²) in [4.78, 5) is 11.4. The zero-order valence-electron chi connectivity index (χ0n) is 10.6. The third-order valence-corrected chi connectivity index (χ3v) is 2.80. The normalized spacial score (nSPS) is 9.50. The molecule has 1 aromatic carbocycles. The van der Waals surface area contributed by atoms with Gasteiger partial charge < -0.3 is 10.4 Å². The minimum atomic E-state index is 0.000940. The number of carbonyl (C=O) groups excluding carboxylic acids is 1. The van der Waals surface area contributed by atoms with Gasteiger partial charge >= 0.3 is 0 Å². The lowest BCUT2D eigenvalue weighted by atomic mass is 10.1. The number of anilines is 1. The highest BCUT2D eigenvalue weighted by Gasteiger charge is 2.02. The molecule has 0 radical (unpaired) electrons. The minimum Gasteiger partial charge on any atom is -0.395 e. The van der Waals surface area contributed by atoms with Crippen molar-refractivity contribution in [2.24, 2.45) is 0 Å². The van der Waals surface area contributed by atoms with Crippen molar-refractivity contribution in [2.45, 2.75) is 13.3 Å². The Morgan fingerprint density at radius 1 is 1.50 bits per heavy atom. The average molecular weight is 263 g/mol. The lowest BCUT2D eigenvalue weighted by Crippen LogP contribution is -2.13. The average Bonchev–Trinajstić information content (AvgIpc) is 2.32. The maximum Gasteiger partial charge on any atom is 0.234 e. The molecule has 0 spiro atoms. The van der Waals surface area contributed by atoms with Crippen LogP contribution in [0.2, 0.25) is 0 Å². The monoisotopic (exact) mass is 263 g/mol. The highest BCUT2D eigenvalue weighted by molar-refractivity contribution is 7.99. The fourth-order valence-electron chi connectivity index (χ4n) is 1.42. The van der Waals surface area contributed by atoms with Crippen molar-refractivity contribution in [3.05, 3.63) is 29.3 Å². The SMILES string of the molecule is CSCC(=O)Nc1ccc(C#CCCO)c(C)c1. The highest BCUT2D eigenvalue weighted by atomic mass is 32.2. The Morgan fingerprint density at radius 2 is 2.28 bits per heavy atom. The largest absolute Gasteiger partial charge is 0.395 e. The third kappa shape index (κ3) is 4.82. The molecule has 0 bridgehead atoms. The number of thioether (sulfide) groups is 1. The summed E-state index contributed by atoms with van der Waals surface area (Å²) in [6.07, 6.45) is 2.37. The summed E-state index contributed by atoms with van der Waals surface area (Å²) >= 11 is 1.49. The molecule has 1 aromatic rings. The quantitative estimate of drug-likeness (QED) is 0.817. The van der Waals surface area contributed by atoms with Crippen molar-refractivity contribution in [1.29, 1.82) is 0 Å². The van der Waals surface area contributed by atoms with Gasteiger partial charge in [0.15, 0.2) is 0 Å². The zero-order chi connectivity index (χ0) is 13.4. The molecule has 4 heteroatoms. The molecule has 0 atom stereocenters. The molecule has 0 heterocycles. The van der Waals surface area contributed by atoms with Crippen LogP contribution in [0.25, 0.3) is 0 Å². The number of rotatable bonds is 4. The number of aryl methyl sites for hydroxylation is 1. The number of hydrogen-bond donors (Lipinski definition) is 2. The number of carbonyl (C=O) groups is 1. The van der Waals surface area contributed by atoms with Crippen LogP contribution >= 0.6 is 11.8 Å². The Balaban J connectivity index is 2.74. The van der Waals surface area contributed by atoms with Gasteiger partial charge in [0, 0.05) is 17.7 Å². The summed E-state index contributed by atoms with van der Waals surface area (Å²) in [6.45, 7) is 2.03. The molecule has 3 nitrogen and oxygen atoms in total. The predicted octanol–water partition coefficient (Wildman–Crippen LogP) is 2.03. The molecule has 0 unspecified atom stereocenters. The van der Waals surface area contributed by atoms with Crippen LogP contribution in [0.5, 0.6) is 0 Å². The first-order valence-corrected chi connectivity index (χ1v) is 7.06. The number of aliphatic hydroxyl groups excluding tert-OH is 1. The Hall–Kier alpha value is -1.44. The van der Waals surface area contributed by atoms with Crippen LogP contribution in [0.3, 0.4) is 0 Å². The van der Waals surface area contributed by atoms with Gasteiger partial charge in [0.1, 0.15) is 0 Å². The summed E-state index contributed by atoms with van der Waals surface area (Å²) in [5, 5.41) is 11.5. The Kier molecular flexibility index (Phi) is 6.34. The van der Waals surface area contributed by atoms with E-state index in [1.807, 2.05) is 31.4 Å². The summed E-state index contributed by atoms with van der Waals surface area (Å²) in [6, 6.07) is 5.63. The van der Waals surface area contributed by atoms with Crippen LogP contribution in [0.4, 0.5) is 5.69 Å². The van der Waals surface area contributed by atoms with Crippen molar-refractivity contribution in [1.82, 2.24) is 0 Å². The van der Waals surface area contributed by atoms with Crippen molar-refractivity contribution >= 4 is 23.4 Å². The van der Waals surface area contributed by atoms with E-state index in [0.29, 0.717) is 12.2 Å². The fraction of sp³-hybridized carbons (Fsp3) is 0.357. The second kappa shape index (κ2) is 7.80. The third-order valence-electron chi connectivity index (χ3n) is 2.25. The van der Waals surface area contributed by atoms with E-state index in [1.54, 1.807) is 0 Å². The summed E-state index contributed by atoms with van der Waals surface area (Å²) in [5.41, 5.74) is 2.73. The number of nitrogens with one attached hydrogen (secondary N) is 1. The molecule has 0 aliphatic heterocycles. The van der Waals surface area contributed by atoms with Crippen molar-refractivity contribution in [2.75, 3.05) is 23.9 Å². The van der Waals surface area contributed by atoms with Crippen molar-refractivity contribution < 1.29 is 9.90 Å². The zero-order valence-corrected chi connectivity index (χ0v) is 11.4. The lowest BCUT2D eigenvalue weighted by molar-refractivity contribution is -0.113. The van der Waals surface area contributed by atoms with E-state index in [9.17, 15) is 4.79 Å². The Morgan fingerprint density at radius 3 is 2.89 bits per heavy atom. The molecular formula is C14H17NO2S. The van der Waals surface area contributed by atoms with Gasteiger partial charge in [-0.15, -0.1) is 0 Å². The standard InChI is InChI=1S/C14H17NO2S/c1-11-9-13(15-14(17)10-18-2)7-6-12(11)5-3-4-8-16/h6-7,9,16H,4,8,10H2,1-2H3,(H,15,17). The van der Waals surface area contributed by atoms with Crippen LogP contribution in [0.15, 0.2) is 18.2 Å². The van der Waals surface area contributed by atoms with E-state index in [-0.39, 0.29) is 12.5 Å². The molecule has 18 heavy (non-hydrogen) atoms. The van der Waals surface area contributed by atoms with Crippen LogP contribution in [-0.4, -0.2) is 29.6 Å². The van der Waals surface area contributed by atoms with E-state index in [4.69, 9.17) is 5.11 Å². The van der Waals surface area contributed by atoms with Gasteiger partial charge in [-0.1, -0.05) is 11.8 Å². The summed E-state index contributed by atoms with van der Waals surface area (Å²) in [5.74, 6) is 6.33.